The van der Waals surface area contributed by atoms with Gasteiger partial charge in [0.05, 0.1) is 6.10 Å². The van der Waals surface area contributed by atoms with Crippen LogP contribution in [0.5, 0.6) is 0 Å². The summed E-state index contributed by atoms with van der Waals surface area (Å²) in [5.74, 6) is 0.760. The second-order valence-electron chi connectivity index (χ2n) is 5.78. The molecule has 0 aromatic rings. The highest BCUT2D eigenvalue weighted by atomic mass is 16.5. The van der Waals surface area contributed by atoms with Gasteiger partial charge in [-0.15, -0.1) is 0 Å². The summed E-state index contributed by atoms with van der Waals surface area (Å²) in [6.45, 7) is 5.72. The first-order valence-corrected chi connectivity index (χ1v) is 6.44. The molecule has 0 spiro atoms. The molecule has 0 heterocycles. The first kappa shape index (κ1) is 13.9. The molecule has 1 saturated carbocycles. The Morgan fingerprint density at radius 1 is 1.31 bits per heavy atom. The van der Waals surface area contributed by atoms with E-state index in [1.165, 1.54) is 19.3 Å². The number of likely N-dealkylation sites (N-methyl/N-ethyl adjacent to an activating group) is 1. The van der Waals surface area contributed by atoms with Crippen LogP contribution in [0.3, 0.4) is 0 Å². The quantitative estimate of drug-likeness (QED) is 0.718. The lowest BCUT2D eigenvalue weighted by Gasteiger charge is -2.38. The molecule has 0 saturated heterocycles. The van der Waals surface area contributed by atoms with Crippen molar-refractivity contribution in [2.45, 2.75) is 51.3 Å². The van der Waals surface area contributed by atoms with Gasteiger partial charge in [0.25, 0.3) is 0 Å². The third-order valence-corrected chi connectivity index (χ3v) is 3.24. The summed E-state index contributed by atoms with van der Waals surface area (Å²) >= 11 is 0. The second-order valence-corrected chi connectivity index (χ2v) is 5.78. The Hall–Kier alpha value is -0.120. The van der Waals surface area contributed by atoms with E-state index >= 15 is 0 Å². The molecule has 1 aliphatic rings. The summed E-state index contributed by atoms with van der Waals surface area (Å²) in [7, 11) is 6.10. The number of nitrogens with one attached hydrogen (secondary N) is 1. The summed E-state index contributed by atoms with van der Waals surface area (Å²) < 4.78 is 5.31. The number of rotatable bonds is 7. The van der Waals surface area contributed by atoms with E-state index in [0.717, 1.165) is 12.5 Å². The van der Waals surface area contributed by atoms with E-state index in [2.05, 4.69) is 38.2 Å². The van der Waals surface area contributed by atoms with Crippen LogP contribution in [0.25, 0.3) is 0 Å². The molecule has 0 radical (unpaired) electrons. The molecule has 1 fully saturated rings. The molecule has 1 atom stereocenters. The van der Waals surface area contributed by atoms with Crippen LogP contribution in [-0.2, 0) is 4.74 Å². The predicted molar refractivity (Wildman–Crippen MR) is 68.8 cm³/mol. The number of nitrogens with zero attached hydrogens (tertiary/aromatic N) is 1. The Labute approximate surface area is 101 Å². The number of ether oxygens (including phenoxy) is 1. The maximum Gasteiger partial charge on any atom is 0.0601 e. The van der Waals surface area contributed by atoms with Crippen molar-refractivity contribution in [1.82, 2.24) is 10.2 Å². The lowest BCUT2D eigenvalue weighted by molar-refractivity contribution is 0.0125. The summed E-state index contributed by atoms with van der Waals surface area (Å²) in [5.41, 5.74) is 0. The maximum absolute atomic E-state index is 5.31. The lowest BCUT2D eigenvalue weighted by atomic mass is 9.88. The zero-order valence-corrected chi connectivity index (χ0v) is 11.5. The summed E-state index contributed by atoms with van der Waals surface area (Å²) in [6, 6.07) is 1.30. The van der Waals surface area contributed by atoms with Gasteiger partial charge >= 0.3 is 0 Å². The minimum atomic E-state index is 0.497. The van der Waals surface area contributed by atoms with E-state index in [1.807, 2.05) is 7.11 Å². The van der Waals surface area contributed by atoms with E-state index in [1.54, 1.807) is 0 Å². The average Bonchev–Trinajstić information content (AvgIpc) is 2.07. The Morgan fingerprint density at radius 3 is 2.38 bits per heavy atom. The number of hydrogen-bond donors (Lipinski definition) is 1. The summed E-state index contributed by atoms with van der Waals surface area (Å²) in [5, 5.41) is 3.76. The molecule has 0 aliphatic heterocycles. The molecule has 96 valence electrons. The maximum atomic E-state index is 5.31. The summed E-state index contributed by atoms with van der Waals surface area (Å²) in [6.07, 6.45) is 4.11. The average molecular weight is 228 g/mol. The van der Waals surface area contributed by atoms with Crippen LogP contribution in [0, 0.1) is 5.92 Å². The minimum absolute atomic E-state index is 0.497. The van der Waals surface area contributed by atoms with Crippen LogP contribution in [0.2, 0.25) is 0 Å². The molecule has 0 bridgehead atoms. The van der Waals surface area contributed by atoms with Crippen LogP contribution in [0.1, 0.15) is 33.1 Å². The Kier molecular flexibility index (Phi) is 5.73. The zero-order valence-electron chi connectivity index (χ0n) is 11.5. The first-order chi connectivity index (χ1) is 7.51. The van der Waals surface area contributed by atoms with Crippen LogP contribution in [-0.4, -0.2) is 50.8 Å². The van der Waals surface area contributed by atoms with Crippen molar-refractivity contribution in [2.75, 3.05) is 27.7 Å². The van der Waals surface area contributed by atoms with Crippen molar-refractivity contribution in [2.24, 2.45) is 5.92 Å². The van der Waals surface area contributed by atoms with Gasteiger partial charge in [-0.05, 0) is 39.3 Å². The largest absolute Gasteiger partial charge is 0.381 e. The molecule has 1 rings (SSSR count). The van der Waals surface area contributed by atoms with Gasteiger partial charge in [-0.2, -0.15) is 0 Å². The number of hydrogen-bond acceptors (Lipinski definition) is 3. The van der Waals surface area contributed by atoms with E-state index in [-0.39, 0.29) is 0 Å². The van der Waals surface area contributed by atoms with Crippen molar-refractivity contribution in [3.63, 3.8) is 0 Å². The molecular weight excluding hydrogens is 200 g/mol. The first-order valence-electron chi connectivity index (χ1n) is 6.44. The third-order valence-electron chi connectivity index (χ3n) is 3.24. The molecule has 1 aliphatic carbocycles. The highest BCUT2D eigenvalue weighted by Crippen LogP contribution is 2.23. The van der Waals surface area contributed by atoms with Crippen LogP contribution < -0.4 is 5.32 Å². The smallest absolute Gasteiger partial charge is 0.0601 e. The van der Waals surface area contributed by atoms with Crippen molar-refractivity contribution in [3.05, 3.63) is 0 Å². The second kappa shape index (κ2) is 6.58. The monoisotopic (exact) mass is 228 g/mol. The lowest BCUT2D eigenvalue weighted by Crippen LogP contribution is -2.52. The van der Waals surface area contributed by atoms with Crippen molar-refractivity contribution < 1.29 is 4.74 Å². The van der Waals surface area contributed by atoms with Gasteiger partial charge in [0.2, 0.25) is 0 Å². The van der Waals surface area contributed by atoms with E-state index in [4.69, 9.17) is 4.74 Å². The van der Waals surface area contributed by atoms with E-state index < -0.39 is 0 Å². The van der Waals surface area contributed by atoms with Gasteiger partial charge in [0.1, 0.15) is 0 Å². The van der Waals surface area contributed by atoms with Gasteiger partial charge in [-0.3, -0.25) is 0 Å². The van der Waals surface area contributed by atoms with Gasteiger partial charge in [-0.1, -0.05) is 13.8 Å². The van der Waals surface area contributed by atoms with Crippen LogP contribution in [0.15, 0.2) is 0 Å². The standard InChI is InChI=1S/C13H28N2O/c1-10(2)6-12(9-15(3)4)14-11-7-13(8-11)16-5/h10-14H,6-9H2,1-5H3. The summed E-state index contributed by atoms with van der Waals surface area (Å²) in [4.78, 5) is 2.27. The highest BCUT2D eigenvalue weighted by Gasteiger charge is 2.30. The fraction of sp³-hybridized carbons (Fsp3) is 1.00. The van der Waals surface area contributed by atoms with Gasteiger partial charge in [0.15, 0.2) is 0 Å². The van der Waals surface area contributed by atoms with Gasteiger partial charge in [0, 0.05) is 25.7 Å². The fourth-order valence-electron chi connectivity index (χ4n) is 2.43. The molecule has 0 amide bonds. The van der Waals surface area contributed by atoms with Crippen LogP contribution in [0.4, 0.5) is 0 Å². The minimum Gasteiger partial charge on any atom is -0.381 e. The molecule has 0 aromatic heterocycles. The molecule has 0 aromatic carbocycles. The predicted octanol–water partition coefficient (Wildman–Crippen LogP) is 1.73. The van der Waals surface area contributed by atoms with Crippen LogP contribution >= 0.6 is 0 Å². The zero-order chi connectivity index (χ0) is 12.1. The van der Waals surface area contributed by atoms with Crippen molar-refractivity contribution in [3.8, 4) is 0 Å². The molecule has 1 N–H and O–H groups in total. The molecule has 16 heavy (non-hydrogen) atoms. The molecule has 1 unspecified atom stereocenters. The Morgan fingerprint density at radius 2 is 1.94 bits per heavy atom. The topological polar surface area (TPSA) is 24.5 Å². The Balaban J connectivity index is 2.27. The third kappa shape index (κ3) is 4.81. The van der Waals surface area contributed by atoms with E-state index in [0.29, 0.717) is 18.2 Å². The van der Waals surface area contributed by atoms with E-state index in [9.17, 15) is 0 Å². The van der Waals surface area contributed by atoms with Crippen molar-refractivity contribution in [1.29, 1.82) is 0 Å². The molecule has 3 nitrogen and oxygen atoms in total. The Bertz CT molecular complexity index is 178. The van der Waals surface area contributed by atoms with Gasteiger partial charge < -0.3 is 15.0 Å². The fourth-order valence-corrected chi connectivity index (χ4v) is 2.43. The highest BCUT2D eigenvalue weighted by molar-refractivity contribution is 4.88. The number of methoxy groups -OCH3 is 1. The van der Waals surface area contributed by atoms with Gasteiger partial charge in [-0.25, -0.2) is 0 Å². The molecular formula is C13H28N2O. The normalized spacial score (nSPS) is 27.2. The SMILES string of the molecule is COC1CC(NC(CC(C)C)CN(C)C)C1. The van der Waals surface area contributed by atoms with Crippen molar-refractivity contribution >= 4 is 0 Å². The molecule has 3 heteroatoms.